The molecule has 2 aliphatic heterocycles. The van der Waals surface area contributed by atoms with Crippen LogP contribution in [-0.2, 0) is 23.7 Å². The number of allylic oxidation sites excluding steroid dienone is 2. The molecule has 2 aliphatic rings. The van der Waals surface area contributed by atoms with Gasteiger partial charge in [-0.25, -0.2) is 4.79 Å². The smallest absolute Gasteiger partial charge is 0.330 e. The number of fused-ring (bicyclic) bond motifs is 1. The van der Waals surface area contributed by atoms with Crippen LogP contribution in [0.1, 0.15) is 52.7 Å². The molecule has 160 valence electrons. The third kappa shape index (κ3) is 5.23. The van der Waals surface area contributed by atoms with Crippen LogP contribution < -0.4 is 11.2 Å². The molecule has 1 aromatic rings. The van der Waals surface area contributed by atoms with Gasteiger partial charge in [0, 0.05) is 18.7 Å². The Balaban J connectivity index is 1.63. The summed E-state index contributed by atoms with van der Waals surface area (Å²) in [7, 11) is 0. The zero-order chi connectivity index (χ0) is 21.0. The Morgan fingerprint density at radius 2 is 2.03 bits per heavy atom. The fraction of sp³-hybridized carbons (Fsp3) is 0.650. The molecule has 0 aromatic carbocycles. The number of aromatic nitrogens is 2. The lowest BCUT2D eigenvalue weighted by molar-refractivity contribution is -0.203. The lowest BCUT2D eigenvalue weighted by Gasteiger charge is -2.24. The van der Waals surface area contributed by atoms with E-state index >= 15 is 0 Å². The van der Waals surface area contributed by atoms with Crippen molar-refractivity contribution in [3.8, 4) is 0 Å². The largest absolute Gasteiger partial charge is 0.463 e. The van der Waals surface area contributed by atoms with Gasteiger partial charge in [-0.1, -0.05) is 19.1 Å². The van der Waals surface area contributed by atoms with Crippen LogP contribution in [0.15, 0.2) is 34.0 Å². The number of hydrogen-bond acceptors (Lipinski definition) is 7. The van der Waals surface area contributed by atoms with Crippen molar-refractivity contribution >= 4 is 5.97 Å². The molecule has 1 aromatic heterocycles. The number of carbonyl (C=O) groups is 1. The summed E-state index contributed by atoms with van der Waals surface area (Å²) in [5, 5.41) is 0. The van der Waals surface area contributed by atoms with Gasteiger partial charge in [-0.2, -0.15) is 0 Å². The number of ether oxygens (including phenoxy) is 4. The third-order valence-electron chi connectivity index (χ3n) is 4.81. The molecule has 0 aliphatic carbocycles. The highest BCUT2D eigenvalue weighted by molar-refractivity contribution is 5.69. The predicted octanol–water partition coefficient (Wildman–Crippen LogP) is 1.63. The van der Waals surface area contributed by atoms with E-state index in [9.17, 15) is 14.4 Å². The number of H-pyrrole nitrogens is 1. The monoisotopic (exact) mass is 408 g/mol. The fourth-order valence-electron chi connectivity index (χ4n) is 3.54. The van der Waals surface area contributed by atoms with E-state index < -0.39 is 41.6 Å². The second kappa shape index (κ2) is 9.06. The first-order valence-electron chi connectivity index (χ1n) is 9.94. The van der Waals surface area contributed by atoms with Crippen LogP contribution in [-0.4, -0.2) is 46.2 Å². The van der Waals surface area contributed by atoms with Crippen LogP contribution in [0.2, 0.25) is 0 Å². The quantitative estimate of drug-likeness (QED) is 0.396. The molecule has 0 bridgehead atoms. The molecule has 0 saturated carbocycles. The third-order valence-corrected chi connectivity index (χ3v) is 4.81. The maximum Gasteiger partial charge on any atom is 0.330 e. The van der Waals surface area contributed by atoms with E-state index in [1.165, 1.54) is 16.8 Å². The molecule has 9 heteroatoms. The van der Waals surface area contributed by atoms with Gasteiger partial charge in [0.25, 0.3) is 5.56 Å². The molecule has 3 heterocycles. The van der Waals surface area contributed by atoms with Crippen molar-refractivity contribution in [2.75, 3.05) is 6.61 Å². The number of aromatic amines is 1. The van der Waals surface area contributed by atoms with Gasteiger partial charge in [0.2, 0.25) is 0 Å². The Labute approximate surface area is 168 Å². The van der Waals surface area contributed by atoms with Crippen molar-refractivity contribution in [1.82, 2.24) is 9.55 Å². The molecule has 29 heavy (non-hydrogen) atoms. The minimum absolute atomic E-state index is 0.00115. The minimum Gasteiger partial charge on any atom is -0.463 e. The van der Waals surface area contributed by atoms with Gasteiger partial charge in [0.1, 0.15) is 24.9 Å². The highest BCUT2D eigenvalue weighted by atomic mass is 16.8. The Hall–Kier alpha value is -2.23. The number of nitrogens with zero attached hydrogens (tertiary/aromatic N) is 1. The van der Waals surface area contributed by atoms with Crippen molar-refractivity contribution < 1.29 is 23.7 Å². The molecular formula is C20H28N2O7. The Morgan fingerprint density at radius 3 is 2.76 bits per heavy atom. The average molecular weight is 408 g/mol. The van der Waals surface area contributed by atoms with Crippen LogP contribution >= 0.6 is 0 Å². The van der Waals surface area contributed by atoms with Gasteiger partial charge in [-0.05, 0) is 33.1 Å². The topological polar surface area (TPSA) is 109 Å². The fourth-order valence-corrected chi connectivity index (χ4v) is 3.54. The first-order valence-corrected chi connectivity index (χ1v) is 9.94. The molecule has 0 amide bonds. The van der Waals surface area contributed by atoms with Gasteiger partial charge in [-0.3, -0.25) is 19.1 Å². The van der Waals surface area contributed by atoms with Crippen LogP contribution in [0.4, 0.5) is 0 Å². The first kappa shape index (κ1) is 21.5. The Bertz CT molecular complexity index is 857. The Morgan fingerprint density at radius 1 is 1.28 bits per heavy atom. The number of carbonyl (C=O) groups excluding carboxylic acids is 1. The molecule has 9 nitrogen and oxygen atoms in total. The van der Waals surface area contributed by atoms with Gasteiger partial charge < -0.3 is 18.9 Å². The predicted molar refractivity (Wildman–Crippen MR) is 103 cm³/mol. The van der Waals surface area contributed by atoms with Gasteiger partial charge >= 0.3 is 11.7 Å². The van der Waals surface area contributed by atoms with Crippen molar-refractivity contribution in [1.29, 1.82) is 0 Å². The number of rotatable bonds is 8. The molecule has 1 N–H and O–H groups in total. The Kier molecular flexibility index (Phi) is 6.71. The summed E-state index contributed by atoms with van der Waals surface area (Å²) in [6, 6.07) is 1.24. The maximum absolute atomic E-state index is 12.2. The zero-order valence-corrected chi connectivity index (χ0v) is 17.0. The summed E-state index contributed by atoms with van der Waals surface area (Å²) >= 11 is 0. The van der Waals surface area contributed by atoms with Gasteiger partial charge in [-0.15, -0.1) is 0 Å². The average Bonchev–Trinajstić information content (AvgIpc) is 3.13. The van der Waals surface area contributed by atoms with E-state index in [0.717, 1.165) is 19.3 Å². The number of esters is 1. The zero-order valence-electron chi connectivity index (χ0n) is 17.0. The van der Waals surface area contributed by atoms with E-state index in [1.807, 2.05) is 0 Å². The van der Waals surface area contributed by atoms with Crippen molar-refractivity contribution in [3.05, 3.63) is 45.3 Å². The summed E-state index contributed by atoms with van der Waals surface area (Å²) in [5.74, 6) is -1.17. The van der Waals surface area contributed by atoms with E-state index in [-0.39, 0.29) is 12.6 Å². The first-order chi connectivity index (χ1) is 13.8. The molecule has 0 radical (unpaired) electrons. The molecule has 4 atom stereocenters. The lowest BCUT2D eigenvalue weighted by Crippen LogP contribution is -2.37. The molecule has 2 saturated heterocycles. The second-order valence-corrected chi connectivity index (χ2v) is 7.60. The summed E-state index contributed by atoms with van der Waals surface area (Å²) in [5.41, 5.74) is -1.10. The van der Waals surface area contributed by atoms with Crippen LogP contribution in [0.5, 0.6) is 0 Å². The number of unbranched alkanes of at least 4 members (excludes halogenated alkanes) is 1. The number of nitrogens with one attached hydrogen (secondary N) is 1. The molecular weight excluding hydrogens is 380 g/mol. The van der Waals surface area contributed by atoms with Gasteiger partial charge in [0.15, 0.2) is 12.0 Å². The van der Waals surface area contributed by atoms with Crippen molar-refractivity contribution in [3.63, 3.8) is 0 Å². The lowest BCUT2D eigenvalue weighted by atomic mass is 10.1. The van der Waals surface area contributed by atoms with Crippen molar-refractivity contribution in [2.24, 2.45) is 0 Å². The SMILES string of the molecule is CCC=CCCCC(=O)OC[C@H]1O[C@@H](n2ccc(=O)[nH]c2=O)[C@@H]2OC(C)(C)O[C@@H]21. The standard InChI is InChI=1S/C20H28N2O7/c1-4-5-6-7-8-9-15(24)26-12-13-16-17(29-20(2,3)28-16)18(27-13)22-11-10-14(23)21-19(22)25/h5-6,10-11,13,16-18H,4,7-9,12H2,1-3H3,(H,21,23,25)/t13-,16-,17-,18-/m1/s1. The second-order valence-electron chi connectivity index (χ2n) is 7.60. The van der Waals surface area contributed by atoms with E-state index in [2.05, 4.69) is 24.1 Å². The normalized spacial score (nSPS) is 28.0. The summed E-state index contributed by atoms with van der Waals surface area (Å²) in [6.45, 7) is 5.60. The summed E-state index contributed by atoms with van der Waals surface area (Å²) in [6.07, 6.45) is 5.85. The molecule has 3 rings (SSSR count). The van der Waals surface area contributed by atoms with E-state index in [4.69, 9.17) is 18.9 Å². The van der Waals surface area contributed by atoms with E-state index in [1.54, 1.807) is 13.8 Å². The van der Waals surface area contributed by atoms with Crippen molar-refractivity contribution in [2.45, 2.75) is 76.8 Å². The molecule has 0 spiro atoms. The summed E-state index contributed by atoms with van der Waals surface area (Å²) in [4.78, 5) is 37.8. The maximum atomic E-state index is 12.2. The number of hydrogen-bond donors (Lipinski definition) is 1. The van der Waals surface area contributed by atoms with Gasteiger partial charge in [0.05, 0.1) is 0 Å². The molecule has 2 fully saturated rings. The van der Waals surface area contributed by atoms with Crippen LogP contribution in [0, 0.1) is 0 Å². The highest BCUT2D eigenvalue weighted by Gasteiger charge is 2.56. The van der Waals surface area contributed by atoms with Crippen LogP contribution in [0.3, 0.4) is 0 Å². The van der Waals surface area contributed by atoms with Crippen LogP contribution in [0.25, 0.3) is 0 Å². The summed E-state index contributed by atoms with van der Waals surface area (Å²) < 4.78 is 24.4. The molecule has 0 unspecified atom stereocenters. The highest BCUT2D eigenvalue weighted by Crippen LogP contribution is 2.42. The minimum atomic E-state index is -0.864. The van der Waals surface area contributed by atoms with E-state index in [0.29, 0.717) is 6.42 Å².